The van der Waals surface area contributed by atoms with Crippen LogP contribution in [0.15, 0.2) is 48.5 Å². The number of benzene rings is 2. The summed E-state index contributed by atoms with van der Waals surface area (Å²) in [7, 11) is 0. The van der Waals surface area contributed by atoms with Crippen LogP contribution in [-0.2, 0) is 11.3 Å². The molecule has 0 radical (unpaired) electrons. The lowest BCUT2D eigenvalue weighted by molar-refractivity contribution is -0.125. The van der Waals surface area contributed by atoms with Gasteiger partial charge in [0.05, 0.1) is 0 Å². The highest BCUT2D eigenvalue weighted by molar-refractivity contribution is 6.30. The van der Waals surface area contributed by atoms with Crippen molar-refractivity contribution in [2.75, 3.05) is 6.54 Å². The van der Waals surface area contributed by atoms with E-state index in [2.05, 4.69) is 5.32 Å². The van der Waals surface area contributed by atoms with Crippen LogP contribution in [0, 0.1) is 0 Å². The lowest BCUT2D eigenvalue weighted by Gasteiger charge is -2.24. The summed E-state index contributed by atoms with van der Waals surface area (Å²) in [5, 5.41) is 4.15. The van der Waals surface area contributed by atoms with Gasteiger partial charge < -0.3 is 10.2 Å². The van der Waals surface area contributed by atoms with Gasteiger partial charge in [0.25, 0.3) is 5.91 Å². The Labute approximate surface area is 156 Å². The Morgan fingerprint density at radius 2 is 1.60 bits per heavy atom. The van der Waals surface area contributed by atoms with Crippen molar-refractivity contribution in [1.29, 1.82) is 0 Å². The van der Waals surface area contributed by atoms with Crippen LogP contribution >= 0.6 is 23.2 Å². The van der Waals surface area contributed by atoms with Crippen molar-refractivity contribution in [2.24, 2.45) is 0 Å². The zero-order valence-electron chi connectivity index (χ0n) is 13.5. The lowest BCUT2D eigenvalue weighted by atomic mass is 10.1. The maximum Gasteiger partial charge on any atom is 0.254 e. The molecule has 1 N–H and O–H groups in total. The molecule has 0 spiro atoms. The third-order valence-electron chi connectivity index (χ3n) is 4.29. The predicted molar refractivity (Wildman–Crippen MR) is 98.8 cm³/mol. The molecule has 0 unspecified atom stereocenters. The first kappa shape index (κ1) is 17.8. The molecule has 6 heteroatoms. The van der Waals surface area contributed by atoms with Crippen molar-refractivity contribution in [3.63, 3.8) is 0 Å². The van der Waals surface area contributed by atoms with E-state index in [1.54, 1.807) is 41.3 Å². The van der Waals surface area contributed by atoms with Gasteiger partial charge in [-0.25, -0.2) is 0 Å². The van der Waals surface area contributed by atoms with Crippen LogP contribution in [0.1, 0.15) is 28.8 Å². The Balaban J connectivity index is 1.64. The van der Waals surface area contributed by atoms with Crippen LogP contribution in [0.2, 0.25) is 10.0 Å². The molecule has 0 saturated carbocycles. The summed E-state index contributed by atoms with van der Waals surface area (Å²) in [6, 6.07) is 13.6. The van der Waals surface area contributed by atoms with Gasteiger partial charge in [0.2, 0.25) is 5.91 Å². The topological polar surface area (TPSA) is 49.4 Å². The molecule has 1 aliphatic heterocycles. The molecule has 1 aliphatic rings. The van der Waals surface area contributed by atoms with Crippen molar-refractivity contribution in [1.82, 2.24) is 10.2 Å². The van der Waals surface area contributed by atoms with Gasteiger partial charge in [-0.1, -0.05) is 35.3 Å². The van der Waals surface area contributed by atoms with Gasteiger partial charge in [0, 0.05) is 28.7 Å². The number of nitrogens with zero attached hydrogens (tertiary/aromatic N) is 1. The standard InChI is InChI=1S/C19H18Cl2N2O2/c20-15-7-3-13(4-8-15)12-22-18(24)17-2-1-11-23(17)19(25)14-5-9-16(21)10-6-14/h3-10,17H,1-2,11-12H2,(H,22,24)/t17-/m0/s1. The van der Waals surface area contributed by atoms with E-state index in [1.165, 1.54) is 0 Å². The maximum atomic E-state index is 12.7. The molecule has 25 heavy (non-hydrogen) atoms. The van der Waals surface area contributed by atoms with Gasteiger partial charge in [-0.2, -0.15) is 0 Å². The molecule has 0 aromatic heterocycles. The number of hydrogen-bond donors (Lipinski definition) is 1. The number of amides is 2. The molecule has 0 aliphatic carbocycles. The first-order chi connectivity index (χ1) is 12.0. The van der Waals surface area contributed by atoms with Crippen LogP contribution in [0.25, 0.3) is 0 Å². The lowest BCUT2D eigenvalue weighted by Crippen LogP contribution is -2.45. The summed E-state index contributed by atoms with van der Waals surface area (Å²) in [6.07, 6.45) is 1.49. The second-order valence-corrected chi connectivity index (χ2v) is 6.88. The largest absolute Gasteiger partial charge is 0.350 e. The number of halogens is 2. The van der Waals surface area contributed by atoms with Crippen LogP contribution in [-0.4, -0.2) is 29.3 Å². The van der Waals surface area contributed by atoms with E-state index in [1.807, 2.05) is 12.1 Å². The van der Waals surface area contributed by atoms with Crippen LogP contribution in [0.5, 0.6) is 0 Å². The Hall–Kier alpha value is -2.04. The smallest absolute Gasteiger partial charge is 0.254 e. The highest BCUT2D eigenvalue weighted by Gasteiger charge is 2.34. The highest BCUT2D eigenvalue weighted by Crippen LogP contribution is 2.21. The molecular weight excluding hydrogens is 359 g/mol. The number of carbonyl (C=O) groups excluding carboxylic acids is 2. The van der Waals surface area contributed by atoms with Gasteiger partial charge in [-0.15, -0.1) is 0 Å². The second-order valence-electron chi connectivity index (χ2n) is 6.01. The van der Waals surface area contributed by atoms with Gasteiger partial charge >= 0.3 is 0 Å². The molecule has 3 rings (SSSR count). The van der Waals surface area contributed by atoms with Crippen molar-refractivity contribution >= 4 is 35.0 Å². The second kappa shape index (κ2) is 7.89. The fourth-order valence-corrected chi connectivity index (χ4v) is 3.20. The first-order valence-corrected chi connectivity index (χ1v) is 8.89. The van der Waals surface area contributed by atoms with Gasteiger partial charge in [-0.3, -0.25) is 9.59 Å². The summed E-state index contributed by atoms with van der Waals surface area (Å²) in [6.45, 7) is 0.996. The van der Waals surface area contributed by atoms with E-state index in [0.29, 0.717) is 35.1 Å². The van der Waals surface area contributed by atoms with Crippen molar-refractivity contribution in [2.45, 2.75) is 25.4 Å². The summed E-state index contributed by atoms with van der Waals surface area (Å²) >= 11 is 11.7. The van der Waals surface area contributed by atoms with Crippen molar-refractivity contribution in [3.8, 4) is 0 Å². The van der Waals surface area contributed by atoms with E-state index < -0.39 is 6.04 Å². The minimum atomic E-state index is -0.435. The van der Waals surface area contributed by atoms with E-state index in [0.717, 1.165) is 12.0 Å². The number of rotatable bonds is 4. The zero-order valence-corrected chi connectivity index (χ0v) is 15.1. The SMILES string of the molecule is O=C(NCc1ccc(Cl)cc1)[C@@H]1CCCN1C(=O)c1ccc(Cl)cc1. The predicted octanol–water partition coefficient (Wildman–Crippen LogP) is 3.91. The third-order valence-corrected chi connectivity index (χ3v) is 4.79. The molecule has 2 aromatic carbocycles. The van der Waals surface area contributed by atoms with Gasteiger partial charge in [0.1, 0.15) is 6.04 Å². The molecular formula is C19H18Cl2N2O2. The summed E-state index contributed by atoms with van der Waals surface area (Å²) < 4.78 is 0. The van der Waals surface area contributed by atoms with Crippen molar-refractivity contribution in [3.05, 3.63) is 69.7 Å². The molecule has 1 fully saturated rings. The quantitative estimate of drug-likeness (QED) is 0.878. The van der Waals surface area contributed by atoms with Gasteiger partial charge in [-0.05, 0) is 54.8 Å². The maximum absolute atomic E-state index is 12.7. The molecule has 2 aromatic rings. The molecule has 1 saturated heterocycles. The number of hydrogen-bond acceptors (Lipinski definition) is 2. The third kappa shape index (κ3) is 4.33. The van der Waals surface area contributed by atoms with Gasteiger partial charge in [0.15, 0.2) is 0 Å². The molecule has 1 heterocycles. The van der Waals surface area contributed by atoms with Crippen LogP contribution in [0.4, 0.5) is 0 Å². The first-order valence-electron chi connectivity index (χ1n) is 8.13. The van der Waals surface area contributed by atoms with Crippen LogP contribution < -0.4 is 5.32 Å². The van der Waals surface area contributed by atoms with E-state index in [-0.39, 0.29) is 11.8 Å². The Morgan fingerprint density at radius 3 is 2.24 bits per heavy atom. The number of carbonyl (C=O) groups is 2. The molecule has 1 atom stereocenters. The molecule has 2 amide bonds. The average Bonchev–Trinajstić information content (AvgIpc) is 3.11. The number of likely N-dealkylation sites (tertiary alicyclic amines) is 1. The summed E-state index contributed by atoms with van der Waals surface area (Å²) in [5.41, 5.74) is 1.51. The molecule has 4 nitrogen and oxygen atoms in total. The van der Waals surface area contributed by atoms with E-state index >= 15 is 0 Å². The Kier molecular flexibility index (Phi) is 5.61. The Bertz CT molecular complexity index is 760. The van der Waals surface area contributed by atoms with Crippen LogP contribution in [0.3, 0.4) is 0 Å². The fourth-order valence-electron chi connectivity index (χ4n) is 2.95. The van der Waals surface area contributed by atoms with E-state index in [4.69, 9.17) is 23.2 Å². The zero-order chi connectivity index (χ0) is 17.8. The molecule has 0 bridgehead atoms. The Morgan fingerprint density at radius 1 is 1.00 bits per heavy atom. The average molecular weight is 377 g/mol. The summed E-state index contributed by atoms with van der Waals surface area (Å²) in [4.78, 5) is 26.8. The normalized spacial score (nSPS) is 16.7. The highest BCUT2D eigenvalue weighted by atomic mass is 35.5. The summed E-state index contributed by atoms with van der Waals surface area (Å²) in [5.74, 6) is -0.268. The monoisotopic (exact) mass is 376 g/mol. The minimum absolute atomic E-state index is 0.130. The number of nitrogens with one attached hydrogen (secondary N) is 1. The molecule has 130 valence electrons. The minimum Gasteiger partial charge on any atom is -0.350 e. The fraction of sp³-hybridized carbons (Fsp3) is 0.263. The van der Waals surface area contributed by atoms with E-state index in [9.17, 15) is 9.59 Å². The van der Waals surface area contributed by atoms with Crippen molar-refractivity contribution < 1.29 is 9.59 Å².